The van der Waals surface area contributed by atoms with Gasteiger partial charge in [0.1, 0.15) is 5.75 Å². The van der Waals surface area contributed by atoms with E-state index in [4.69, 9.17) is 9.47 Å². The Morgan fingerprint density at radius 3 is 2.56 bits per heavy atom. The van der Waals surface area contributed by atoms with Crippen molar-refractivity contribution >= 4 is 16.5 Å². The smallest absolute Gasteiger partial charge is 0.269 e. The summed E-state index contributed by atoms with van der Waals surface area (Å²) in [5.74, 6) is 0.813. The molecule has 0 aliphatic carbocycles. The van der Waals surface area contributed by atoms with Gasteiger partial charge in [-0.2, -0.15) is 0 Å². The van der Waals surface area contributed by atoms with Gasteiger partial charge in [-0.15, -0.1) is 0 Å². The molecule has 0 spiro atoms. The van der Waals surface area contributed by atoms with Crippen LogP contribution in [0.5, 0.6) is 5.75 Å². The molecule has 3 aromatic carbocycles. The summed E-state index contributed by atoms with van der Waals surface area (Å²) in [5.41, 5.74) is 2.20. The zero-order chi connectivity index (χ0) is 17.4. The number of rotatable bonds is 3. The Balaban J connectivity index is 1.76. The summed E-state index contributed by atoms with van der Waals surface area (Å²) in [6.07, 6.45) is 0.336. The summed E-state index contributed by atoms with van der Waals surface area (Å²) < 4.78 is 11.6. The predicted octanol–water partition coefficient (Wildman–Crippen LogP) is 4.44. The van der Waals surface area contributed by atoms with Crippen LogP contribution >= 0.6 is 0 Å². The Kier molecular flexibility index (Phi) is 3.86. The van der Waals surface area contributed by atoms with Gasteiger partial charge in [0.15, 0.2) is 0 Å². The molecule has 0 saturated carbocycles. The maximum absolute atomic E-state index is 10.9. The average Bonchev–Trinajstić information content (AvgIpc) is 2.66. The summed E-state index contributed by atoms with van der Waals surface area (Å²) >= 11 is 0. The first kappa shape index (κ1) is 15.6. The van der Waals surface area contributed by atoms with Crippen molar-refractivity contribution in [2.24, 2.45) is 0 Å². The lowest BCUT2D eigenvalue weighted by Gasteiger charge is -2.33. The summed E-state index contributed by atoms with van der Waals surface area (Å²) in [4.78, 5) is 10.5. The number of ether oxygens (including phenoxy) is 2. The van der Waals surface area contributed by atoms with Crippen LogP contribution in [0.25, 0.3) is 10.8 Å². The molecule has 0 amide bonds. The molecular formula is C20H17NO4. The standard InChI is InChI=1S/C20H17NO4/c1-24-20-17(14-6-9-15(10-7-14)21(22)23)12-18-16-5-3-2-4-13(16)8-11-19(18)25-20/h2-11,17,20H,12H2,1H3. The third kappa shape index (κ3) is 2.72. The van der Waals surface area contributed by atoms with Crippen molar-refractivity contribution in [2.45, 2.75) is 18.6 Å². The molecule has 3 aromatic rings. The Bertz CT molecular complexity index is 936. The van der Waals surface area contributed by atoms with Gasteiger partial charge in [0, 0.05) is 24.8 Å². The molecule has 25 heavy (non-hydrogen) atoms. The second kappa shape index (κ2) is 6.18. The third-order valence-corrected chi connectivity index (χ3v) is 4.76. The van der Waals surface area contributed by atoms with E-state index in [0.29, 0.717) is 0 Å². The lowest BCUT2D eigenvalue weighted by Crippen LogP contribution is -2.33. The number of hydrogen-bond donors (Lipinski definition) is 0. The lowest BCUT2D eigenvalue weighted by molar-refractivity contribution is -0.384. The van der Waals surface area contributed by atoms with E-state index < -0.39 is 11.2 Å². The third-order valence-electron chi connectivity index (χ3n) is 4.76. The van der Waals surface area contributed by atoms with Crippen LogP contribution in [-0.4, -0.2) is 18.3 Å². The van der Waals surface area contributed by atoms with Gasteiger partial charge in [-0.05, 0) is 28.8 Å². The van der Waals surface area contributed by atoms with E-state index in [1.807, 2.05) is 24.3 Å². The van der Waals surface area contributed by atoms with E-state index in [2.05, 4.69) is 12.1 Å². The molecule has 126 valence electrons. The molecule has 1 aliphatic rings. The normalized spacial score (nSPS) is 19.2. The first-order valence-electron chi connectivity index (χ1n) is 8.12. The van der Waals surface area contributed by atoms with Crippen LogP contribution in [0.1, 0.15) is 17.0 Å². The second-order valence-corrected chi connectivity index (χ2v) is 6.14. The summed E-state index contributed by atoms with van der Waals surface area (Å²) in [6.45, 7) is 0. The first-order chi connectivity index (χ1) is 12.2. The first-order valence-corrected chi connectivity index (χ1v) is 8.12. The van der Waals surface area contributed by atoms with Crippen LogP contribution in [0.4, 0.5) is 5.69 Å². The van der Waals surface area contributed by atoms with Gasteiger partial charge in [0.05, 0.1) is 10.8 Å². The van der Waals surface area contributed by atoms with E-state index >= 15 is 0 Å². The minimum absolute atomic E-state index is 0.0240. The van der Waals surface area contributed by atoms with Gasteiger partial charge in [-0.25, -0.2) is 0 Å². The van der Waals surface area contributed by atoms with Gasteiger partial charge >= 0.3 is 0 Å². The monoisotopic (exact) mass is 335 g/mol. The Labute approximate surface area is 145 Å². The minimum atomic E-state index is -0.421. The molecule has 0 aromatic heterocycles. The van der Waals surface area contributed by atoms with Gasteiger partial charge in [-0.3, -0.25) is 10.1 Å². The van der Waals surface area contributed by atoms with E-state index in [1.54, 1.807) is 19.2 Å². The fourth-order valence-corrected chi connectivity index (χ4v) is 3.49. The largest absolute Gasteiger partial charge is 0.464 e. The number of methoxy groups -OCH3 is 1. The molecule has 0 bridgehead atoms. The maximum atomic E-state index is 10.9. The van der Waals surface area contributed by atoms with Crippen LogP contribution in [0.2, 0.25) is 0 Å². The van der Waals surface area contributed by atoms with E-state index in [9.17, 15) is 10.1 Å². The van der Waals surface area contributed by atoms with E-state index in [-0.39, 0.29) is 11.6 Å². The van der Waals surface area contributed by atoms with Crippen molar-refractivity contribution in [3.63, 3.8) is 0 Å². The van der Waals surface area contributed by atoms with Gasteiger partial charge < -0.3 is 9.47 Å². The second-order valence-electron chi connectivity index (χ2n) is 6.14. The zero-order valence-electron chi connectivity index (χ0n) is 13.7. The Hall–Kier alpha value is -2.92. The fraction of sp³-hybridized carbons (Fsp3) is 0.200. The summed E-state index contributed by atoms with van der Waals surface area (Å²) in [5, 5.41) is 13.2. The molecule has 0 N–H and O–H groups in total. The summed E-state index contributed by atoms with van der Waals surface area (Å²) in [6, 6.07) is 18.9. The topological polar surface area (TPSA) is 61.6 Å². The van der Waals surface area contributed by atoms with Crippen molar-refractivity contribution in [1.82, 2.24) is 0 Å². The van der Waals surface area contributed by atoms with Crippen molar-refractivity contribution in [3.8, 4) is 5.75 Å². The highest BCUT2D eigenvalue weighted by atomic mass is 16.7. The molecule has 4 rings (SSSR count). The molecule has 2 unspecified atom stereocenters. The zero-order valence-corrected chi connectivity index (χ0v) is 13.7. The molecule has 0 fully saturated rings. The van der Waals surface area contributed by atoms with Crippen LogP contribution in [-0.2, 0) is 11.2 Å². The van der Waals surface area contributed by atoms with Crippen LogP contribution in [0.3, 0.4) is 0 Å². The Morgan fingerprint density at radius 1 is 1.08 bits per heavy atom. The number of hydrogen-bond acceptors (Lipinski definition) is 4. The molecule has 2 atom stereocenters. The van der Waals surface area contributed by atoms with Crippen molar-refractivity contribution in [3.05, 3.63) is 81.9 Å². The predicted molar refractivity (Wildman–Crippen MR) is 94.9 cm³/mol. The number of nitrogens with zero attached hydrogens (tertiary/aromatic N) is 1. The van der Waals surface area contributed by atoms with Crippen LogP contribution in [0.15, 0.2) is 60.7 Å². The molecule has 0 saturated heterocycles. The number of non-ortho nitro benzene ring substituents is 1. The number of benzene rings is 3. The van der Waals surface area contributed by atoms with Gasteiger partial charge in [-0.1, -0.05) is 42.5 Å². The molecule has 5 heteroatoms. The van der Waals surface area contributed by atoms with Gasteiger partial charge in [0.25, 0.3) is 5.69 Å². The van der Waals surface area contributed by atoms with Crippen LogP contribution < -0.4 is 4.74 Å². The Morgan fingerprint density at radius 2 is 1.84 bits per heavy atom. The molecular weight excluding hydrogens is 318 g/mol. The molecule has 5 nitrogen and oxygen atoms in total. The lowest BCUT2D eigenvalue weighted by atomic mass is 9.86. The summed E-state index contributed by atoms with van der Waals surface area (Å²) in [7, 11) is 1.62. The maximum Gasteiger partial charge on any atom is 0.269 e. The highest BCUT2D eigenvalue weighted by Gasteiger charge is 2.32. The van der Waals surface area contributed by atoms with Crippen LogP contribution in [0, 0.1) is 10.1 Å². The molecule has 1 aliphatic heterocycles. The van der Waals surface area contributed by atoms with Gasteiger partial charge in [0.2, 0.25) is 6.29 Å². The number of fused-ring (bicyclic) bond motifs is 3. The fourth-order valence-electron chi connectivity index (χ4n) is 3.49. The average molecular weight is 335 g/mol. The quantitative estimate of drug-likeness (QED) is 0.524. The highest BCUT2D eigenvalue weighted by Crippen LogP contribution is 2.40. The molecule has 0 radical (unpaired) electrons. The van der Waals surface area contributed by atoms with E-state index in [0.717, 1.165) is 23.3 Å². The molecule has 1 heterocycles. The SMILES string of the molecule is COC1Oc2ccc3ccccc3c2CC1c1ccc([N+](=O)[O-])cc1. The minimum Gasteiger partial charge on any atom is -0.464 e. The van der Waals surface area contributed by atoms with E-state index in [1.165, 1.54) is 22.9 Å². The number of nitro groups is 1. The van der Waals surface area contributed by atoms with Crippen molar-refractivity contribution < 1.29 is 14.4 Å². The number of nitro benzene ring substituents is 1. The van der Waals surface area contributed by atoms with Crippen molar-refractivity contribution in [2.75, 3.05) is 7.11 Å². The highest BCUT2D eigenvalue weighted by molar-refractivity contribution is 5.88. The van der Waals surface area contributed by atoms with Crippen molar-refractivity contribution in [1.29, 1.82) is 0 Å².